The van der Waals surface area contributed by atoms with E-state index in [1.807, 2.05) is 32.0 Å². The number of azo groups is 1. The number of anilines is 1. The molecule has 0 aromatic heterocycles. The lowest BCUT2D eigenvalue weighted by Gasteiger charge is -2.09. The minimum atomic E-state index is 0.0337. The second-order valence-corrected chi connectivity index (χ2v) is 5.14. The van der Waals surface area contributed by atoms with Crippen LogP contribution in [0, 0.1) is 13.8 Å². The fraction of sp³-hybridized carbons (Fsp3) is 0.200. The molecule has 0 spiro atoms. The molecule has 0 aliphatic carbocycles. The summed E-state index contributed by atoms with van der Waals surface area (Å²) in [5.74, 6) is 0.655. The van der Waals surface area contributed by atoms with E-state index in [9.17, 15) is 5.11 Å². The highest BCUT2D eigenvalue weighted by Gasteiger charge is 2.07. The third kappa shape index (κ3) is 4.37. The average molecular weight is 319 g/mol. The Hall–Kier alpha value is -2.25. The highest BCUT2D eigenvalue weighted by molar-refractivity contribution is 7.95. The Morgan fingerprint density at radius 2 is 1.86 bits per heavy atom. The summed E-state index contributed by atoms with van der Waals surface area (Å²) in [6.45, 7) is 3.97. The Balaban J connectivity index is 1.93. The second-order valence-electron chi connectivity index (χ2n) is 4.63. The van der Waals surface area contributed by atoms with Crippen LogP contribution in [0.4, 0.5) is 11.4 Å². The van der Waals surface area contributed by atoms with Crippen LogP contribution < -0.4 is 9.61 Å². The number of phenolic OH excluding ortho intramolecular Hbond substituents is 1. The fourth-order valence-electron chi connectivity index (χ4n) is 1.92. The number of phenols is 1. The lowest BCUT2D eigenvalue weighted by molar-refractivity contribution is -0.0771. The maximum absolute atomic E-state index is 9.74. The fourth-order valence-corrected chi connectivity index (χ4v) is 2.32. The number of aromatic hydroxyl groups is 1. The van der Waals surface area contributed by atoms with Crippen LogP contribution in [0.5, 0.6) is 11.5 Å². The summed E-state index contributed by atoms with van der Waals surface area (Å²) in [5, 5.41) is 17.3. The smallest absolute Gasteiger partial charge is 0.167 e. The first-order chi connectivity index (χ1) is 10.6. The zero-order valence-corrected chi connectivity index (χ0v) is 13.3. The molecule has 0 amide bonds. The van der Waals surface area contributed by atoms with Crippen LogP contribution in [-0.2, 0) is 4.33 Å². The van der Waals surface area contributed by atoms with Gasteiger partial charge in [-0.25, -0.2) is 0 Å². The third-order valence-corrected chi connectivity index (χ3v) is 3.17. The van der Waals surface area contributed by atoms with Crippen molar-refractivity contribution >= 4 is 23.6 Å². The van der Waals surface area contributed by atoms with E-state index in [2.05, 4.69) is 15.0 Å². The molecule has 0 atom stereocenters. The normalized spacial score (nSPS) is 10.9. The molecule has 0 bridgehead atoms. The maximum atomic E-state index is 9.74. The minimum absolute atomic E-state index is 0.0337. The molecule has 0 unspecified atom stereocenters. The predicted octanol–water partition coefficient (Wildman–Crippen LogP) is 4.71. The molecule has 0 saturated carbocycles. The molecule has 7 heteroatoms. The summed E-state index contributed by atoms with van der Waals surface area (Å²) < 4.78 is 7.95. The van der Waals surface area contributed by atoms with E-state index in [4.69, 9.17) is 9.22 Å². The molecule has 0 saturated heterocycles. The number of nitrogens with one attached hydrogen (secondary N) is 1. The van der Waals surface area contributed by atoms with E-state index in [-0.39, 0.29) is 5.75 Å². The maximum Gasteiger partial charge on any atom is 0.167 e. The van der Waals surface area contributed by atoms with Crippen molar-refractivity contribution in [1.29, 1.82) is 0 Å². The van der Waals surface area contributed by atoms with E-state index < -0.39 is 0 Å². The first-order valence-electron chi connectivity index (χ1n) is 6.56. The highest BCUT2D eigenvalue weighted by atomic mass is 32.2. The number of nitrogens with zero attached hydrogens (tertiary/aromatic N) is 2. The molecule has 0 radical (unpaired) electrons. The summed E-state index contributed by atoms with van der Waals surface area (Å²) >= 11 is 0.877. The Bertz CT molecular complexity index is 657. The molecular weight excluding hydrogens is 302 g/mol. The van der Waals surface area contributed by atoms with Crippen molar-refractivity contribution in [3.8, 4) is 11.5 Å². The van der Waals surface area contributed by atoms with Gasteiger partial charge in [0.05, 0.1) is 5.69 Å². The first-order valence-corrected chi connectivity index (χ1v) is 7.30. The highest BCUT2D eigenvalue weighted by Crippen LogP contribution is 2.36. The Kier molecular flexibility index (Phi) is 5.62. The van der Waals surface area contributed by atoms with Crippen molar-refractivity contribution in [2.45, 2.75) is 13.8 Å². The number of aryl methyl sites for hydroxylation is 2. The molecule has 2 aromatic rings. The summed E-state index contributed by atoms with van der Waals surface area (Å²) in [4.78, 5) is 5.20. The van der Waals surface area contributed by atoms with Gasteiger partial charge in [-0.2, -0.15) is 10.2 Å². The Morgan fingerprint density at radius 1 is 1.14 bits per heavy atom. The molecule has 0 aliphatic heterocycles. The molecule has 2 rings (SSSR count). The zero-order chi connectivity index (χ0) is 15.9. The molecule has 0 aliphatic rings. The first kappa shape index (κ1) is 16.1. The lowest BCUT2D eigenvalue weighted by Crippen LogP contribution is -1.95. The van der Waals surface area contributed by atoms with Crippen LogP contribution in [0.15, 0.2) is 46.6 Å². The predicted molar refractivity (Wildman–Crippen MR) is 87.4 cm³/mol. The van der Waals surface area contributed by atoms with Crippen LogP contribution in [-0.4, -0.2) is 12.2 Å². The van der Waals surface area contributed by atoms with Crippen molar-refractivity contribution in [3.05, 3.63) is 47.5 Å². The van der Waals surface area contributed by atoms with Gasteiger partial charge in [-0.3, -0.25) is 0 Å². The van der Waals surface area contributed by atoms with Gasteiger partial charge in [0.1, 0.15) is 5.75 Å². The van der Waals surface area contributed by atoms with Gasteiger partial charge in [-0.1, -0.05) is 16.5 Å². The molecular formula is C15H17N3O3S. The van der Waals surface area contributed by atoms with Crippen molar-refractivity contribution in [2.75, 3.05) is 11.8 Å². The van der Waals surface area contributed by atoms with Gasteiger partial charge in [0, 0.05) is 7.05 Å². The van der Waals surface area contributed by atoms with Crippen molar-refractivity contribution < 1.29 is 14.3 Å². The molecule has 6 nitrogen and oxygen atoms in total. The average Bonchev–Trinajstić information content (AvgIpc) is 2.46. The summed E-state index contributed by atoms with van der Waals surface area (Å²) in [6.07, 6.45) is 0. The van der Waals surface area contributed by atoms with Gasteiger partial charge in [-0.05, 0) is 49.2 Å². The van der Waals surface area contributed by atoms with E-state index in [0.29, 0.717) is 17.1 Å². The lowest BCUT2D eigenvalue weighted by atomic mass is 10.1. The van der Waals surface area contributed by atoms with Crippen LogP contribution in [0.25, 0.3) is 0 Å². The summed E-state index contributed by atoms with van der Waals surface area (Å²) in [6, 6.07) is 10.8. The van der Waals surface area contributed by atoms with Gasteiger partial charge < -0.3 is 14.7 Å². The zero-order valence-electron chi connectivity index (χ0n) is 12.5. The minimum Gasteiger partial charge on any atom is -0.506 e. The van der Waals surface area contributed by atoms with Gasteiger partial charge in [-0.15, -0.1) is 0 Å². The van der Waals surface area contributed by atoms with Crippen LogP contribution in [0.3, 0.4) is 0 Å². The third-order valence-electron chi connectivity index (χ3n) is 2.73. The SMILES string of the molecule is CN=Nc1c(O)cccc1NSOOc1cc(C)cc(C)c1. The van der Waals surface area contributed by atoms with E-state index in [1.54, 1.807) is 12.1 Å². The Morgan fingerprint density at radius 3 is 2.55 bits per heavy atom. The molecule has 0 fully saturated rings. The van der Waals surface area contributed by atoms with Crippen molar-refractivity contribution in [2.24, 2.45) is 10.2 Å². The van der Waals surface area contributed by atoms with E-state index in [1.165, 1.54) is 13.1 Å². The van der Waals surface area contributed by atoms with Gasteiger partial charge >= 0.3 is 0 Å². The monoisotopic (exact) mass is 319 g/mol. The largest absolute Gasteiger partial charge is 0.506 e. The topological polar surface area (TPSA) is 75.4 Å². The molecule has 2 aromatic carbocycles. The number of benzene rings is 2. The number of hydrogen-bond acceptors (Lipinski definition) is 7. The van der Waals surface area contributed by atoms with E-state index in [0.717, 1.165) is 23.4 Å². The molecule has 22 heavy (non-hydrogen) atoms. The quantitative estimate of drug-likeness (QED) is 0.201. The summed E-state index contributed by atoms with van der Waals surface area (Å²) in [5.41, 5.74) is 3.09. The van der Waals surface area contributed by atoms with Crippen molar-refractivity contribution in [1.82, 2.24) is 0 Å². The number of rotatable bonds is 6. The Labute approximate surface area is 133 Å². The van der Waals surface area contributed by atoms with E-state index >= 15 is 0 Å². The summed E-state index contributed by atoms with van der Waals surface area (Å²) in [7, 11) is 1.53. The molecule has 0 heterocycles. The van der Waals surface area contributed by atoms with Crippen molar-refractivity contribution in [3.63, 3.8) is 0 Å². The van der Waals surface area contributed by atoms with Crippen LogP contribution >= 0.6 is 12.2 Å². The van der Waals surface area contributed by atoms with Gasteiger partial charge in [0.2, 0.25) is 0 Å². The number of hydrogen-bond donors (Lipinski definition) is 2. The van der Waals surface area contributed by atoms with Crippen LogP contribution in [0.1, 0.15) is 11.1 Å². The standard InChI is InChI=1S/C15H17N3O3S/c1-10-7-11(2)9-12(8-10)20-21-22-18-13-5-4-6-14(19)15(13)17-16-3/h4-9,18-19H,1-3H3. The molecule has 2 N–H and O–H groups in total. The second kappa shape index (κ2) is 7.67. The van der Waals surface area contributed by atoms with Crippen LogP contribution in [0.2, 0.25) is 0 Å². The van der Waals surface area contributed by atoms with Gasteiger partial charge in [0.15, 0.2) is 23.7 Å². The molecule has 116 valence electrons. The van der Waals surface area contributed by atoms with Gasteiger partial charge in [0.25, 0.3) is 0 Å².